The van der Waals surface area contributed by atoms with Crippen LogP contribution in [-0.2, 0) is 4.79 Å². The van der Waals surface area contributed by atoms with Crippen molar-refractivity contribution < 1.29 is 9.59 Å². The molecule has 2 rings (SSSR count). The Hall–Kier alpha value is -1.88. The molecule has 1 aromatic carbocycles. The zero-order valence-corrected chi connectivity index (χ0v) is 13.1. The molecule has 1 heterocycles. The fourth-order valence-corrected chi connectivity index (χ4v) is 2.36. The van der Waals surface area contributed by atoms with Crippen molar-refractivity contribution >= 4 is 17.5 Å². The summed E-state index contributed by atoms with van der Waals surface area (Å²) < 4.78 is 0. The standard InChI is InChI=1S/C16H23N3O2/c1-10-7-13(5-6-14(10)16(21)19(3)4)18-15(20)11(2)12-8-17-9-12/h5-7,11-12,17H,8-9H2,1-4H3,(H,18,20). The summed E-state index contributed by atoms with van der Waals surface area (Å²) >= 11 is 0. The number of amides is 2. The summed E-state index contributed by atoms with van der Waals surface area (Å²) in [6.07, 6.45) is 0. The van der Waals surface area contributed by atoms with Crippen LogP contribution < -0.4 is 10.6 Å². The number of carbonyl (C=O) groups excluding carboxylic acids is 2. The number of aryl methyl sites for hydroxylation is 1. The predicted molar refractivity (Wildman–Crippen MR) is 83.3 cm³/mol. The number of carbonyl (C=O) groups is 2. The van der Waals surface area contributed by atoms with E-state index in [1.165, 1.54) is 0 Å². The van der Waals surface area contributed by atoms with Crippen LogP contribution in [0, 0.1) is 18.8 Å². The molecule has 0 aliphatic carbocycles. The van der Waals surface area contributed by atoms with Crippen molar-refractivity contribution in [2.75, 3.05) is 32.5 Å². The molecule has 1 atom stereocenters. The first-order chi connectivity index (χ1) is 9.90. The second-order valence-corrected chi connectivity index (χ2v) is 5.93. The Morgan fingerprint density at radius 3 is 2.48 bits per heavy atom. The topological polar surface area (TPSA) is 61.4 Å². The zero-order chi connectivity index (χ0) is 15.6. The molecule has 0 spiro atoms. The van der Waals surface area contributed by atoms with E-state index >= 15 is 0 Å². The van der Waals surface area contributed by atoms with Crippen LogP contribution in [0.4, 0.5) is 5.69 Å². The molecule has 1 fully saturated rings. The van der Waals surface area contributed by atoms with Crippen LogP contribution in [-0.4, -0.2) is 43.9 Å². The van der Waals surface area contributed by atoms with Crippen molar-refractivity contribution in [1.82, 2.24) is 10.2 Å². The third-order valence-corrected chi connectivity index (χ3v) is 4.06. The Balaban J connectivity index is 2.06. The van der Waals surface area contributed by atoms with Crippen LogP contribution in [0.25, 0.3) is 0 Å². The predicted octanol–water partition coefficient (Wildman–Crippen LogP) is 1.49. The van der Waals surface area contributed by atoms with Gasteiger partial charge in [0, 0.05) is 31.3 Å². The Morgan fingerprint density at radius 1 is 1.33 bits per heavy atom. The van der Waals surface area contributed by atoms with Crippen LogP contribution in [0.1, 0.15) is 22.8 Å². The zero-order valence-electron chi connectivity index (χ0n) is 13.1. The molecule has 5 heteroatoms. The number of nitrogens with one attached hydrogen (secondary N) is 2. The summed E-state index contributed by atoms with van der Waals surface area (Å²) in [5, 5.41) is 6.11. The average Bonchev–Trinajstić information content (AvgIpc) is 2.35. The number of nitrogens with zero attached hydrogens (tertiary/aromatic N) is 1. The molecule has 1 aliphatic heterocycles. The Kier molecular flexibility index (Phi) is 4.63. The minimum atomic E-state index is -0.0284. The maximum Gasteiger partial charge on any atom is 0.253 e. The van der Waals surface area contributed by atoms with E-state index in [0.717, 1.165) is 24.3 Å². The van der Waals surface area contributed by atoms with Gasteiger partial charge in [0.2, 0.25) is 5.91 Å². The fourth-order valence-electron chi connectivity index (χ4n) is 2.36. The lowest BCUT2D eigenvalue weighted by molar-refractivity contribution is -0.121. The number of hydrogen-bond donors (Lipinski definition) is 2. The summed E-state index contributed by atoms with van der Waals surface area (Å²) in [4.78, 5) is 25.7. The van der Waals surface area contributed by atoms with Crippen molar-refractivity contribution in [3.8, 4) is 0 Å². The molecule has 1 aromatic rings. The fraction of sp³-hybridized carbons (Fsp3) is 0.500. The average molecular weight is 289 g/mol. The number of anilines is 1. The maximum absolute atomic E-state index is 12.2. The highest BCUT2D eigenvalue weighted by Crippen LogP contribution is 2.20. The summed E-state index contributed by atoms with van der Waals surface area (Å²) in [5.74, 6) is 0.419. The minimum absolute atomic E-state index is 0.00496. The van der Waals surface area contributed by atoms with Crippen LogP contribution in [0.2, 0.25) is 0 Å². The molecule has 21 heavy (non-hydrogen) atoms. The largest absolute Gasteiger partial charge is 0.345 e. The van der Waals surface area contributed by atoms with Crippen molar-refractivity contribution in [1.29, 1.82) is 0 Å². The van der Waals surface area contributed by atoms with Crippen LogP contribution in [0.15, 0.2) is 18.2 Å². The van der Waals surface area contributed by atoms with Crippen molar-refractivity contribution in [2.24, 2.45) is 11.8 Å². The van der Waals surface area contributed by atoms with Gasteiger partial charge < -0.3 is 15.5 Å². The van der Waals surface area contributed by atoms with Gasteiger partial charge in [-0.1, -0.05) is 6.92 Å². The Labute approximate surface area is 125 Å². The summed E-state index contributed by atoms with van der Waals surface area (Å²) in [7, 11) is 3.46. The lowest BCUT2D eigenvalue weighted by atomic mass is 9.88. The Morgan fingerprint density at radius 2 is 2.00 bits per heavy atom. The van der Waals surface area contributed by atoms with Crippen LogP contribution in [0.3, 0.4) is 0 Å². The third-order valence-electron chi connectivity index (χ3n) is 4.06. The van der Waals surface area contributed by atoms with Gasteiger partial charge in [-0.05, 0) is 49.7 Å². The molecule has 0 radical (unpaired) electrons. The van der Waals surface area contributed by atoms with Crippen LogP contribution >= 0.6 is 0 Å². The second-order valence-electron chi connectivity index (χ2n) is 5.93. The van der Waals surface area contributed by atoms with Gasteiger partial charge in [-0.15, -0.1) is 0 Å². The molecule has 5 nitrogen and oxygen atoms in total. The first kappa shape index (κ1) is 15.5. The highest BCUT2D eigenvalue weighted by molar-refractivity contribution is 5.97. The van der Waals surface area contributed by atoms with E-state index in [0.29, 0.717) is 11.5 Å². The Bertz CT molecular complexity index is 550. The molecular formula is C16H23N3O2. The highest BCUT2D eigenvalue weighted by atomic mass is 16.2. The summed E-state index contributed by atoms with van der Waals surface area (Å²) in [6.45, 7) is 5.65. The first-order valence-corrected chi connectivity index (χ1v) is 7.24. The van der Waals surface area contributed by atoms with Crippen LogP contribution in [0.5, 0.6) is 0 Å². The molecule has 0 saturated carbocycles. The number of rotatable bonds is 4. The first-order valence-electron chi connectivity index (χ1n) is 7.24. The van der Waals surface area contributed by atoms with E-state index in [-0.39, 0.29) is 17.7 Å². The van der Waals surface area contributed by atoms with Crippen molar-refractivity contribution in [3.63, 3.8) is 0 Å². The molecule has 2 N–H and O–H groups in total. The number of benzene rings is 1. The number of hydrogen-bond acceptors (Lipinski definition) is 3. The van der Waals surface area contributed by atoms with E-state index in [4.69, 9.17) is 0 Å². The molecular weight excluding hydrogens is 266 g/mol. The molecule has 0 bridgehead atoms. The van der Waals surface area contributed by atoms with Gasteiger partial charge in [0.15, 0.2) is 0 Å². The summed E-state index contributed by atoms with van der Waals surface area (Å²) in [6, 6.07) is 5.40. The lowest BCUT2D eigenvalue weighted by Crippen LogP contribution is -2.48. The SMILES string of the molecule is Cc1cc(NC(=O)C(C)C2CNC2)ccc1C(=O)N(C)C. The normalized spacial score (nSPS) is 16.0. The minimum Gasteiger partial charge on any atom is -0.345 e. The van der Waals surface area contributed by atoms with Crippen molar-refractivity contribution in [3.05, 3.63) is 29.3 Å². The van der Waals surface area contributed by atoms with Gasteiger partial charge in [-0.3, -0.25) is 9.59 Å². The van der Waals surface area contributed by atoms with Gasteiger partial charge in [-0.2, -0.15) is 0 Å². The smallest absolute Gasteiger partial charge is 0.253 e. The van der Waals surface area contributed by atoms with Gasteiger partial charge in [0.1, 0.15) is 0 Å². The van der Waals surface area contributed by atoms with Gasteiger partial charge in [0.25, 0.3) is 5.91 Å². The highest BCUT2D eigenvalue weighted by Gasteiger charge is 2.28. The van der Waals surface area contributed by atoms with E-state index in [2.05, 4.69) is 10.6 Å². The quantitative estimate of drug-likeness (QED) is 0.883. The molecule has 1 saturated heterocycles. The second kappa shape index (κ2) is 6.26. The van der Waals surface area contributed by atoms with Crippen molar-refractivity contribution in [2.45, 2.75) is 13.8 Å². The molecule has 114 valence electrons. The van der Waals surface area contributed by atoms with Gasteiger partial charge in [0.05, 0.1) is 0 Å². The van der Waals surface area contributed by atoms with E-state index in [1.54, 1.807) is 31.1 Å². The molecule has 1 unspecified atom stereocenters. The lowest BCUT2D eigenvalue weighted by Gasteiger charge is -2.31. The maximum atomic E-state index is 12.2. The summed E-state index contributed by atoms with van der Waals surface area (Å²) in [5.41, 5.74) is 2.27. The monoisotopic (exact) mass is 289 g/mol. The van der Waals surface area contributed by atoms with Gasteiger partial charge in [-0.25, -0.2) is 0 Å². The van der Waals surface area contributed by atoms with E-state index in [1.807, 2.05) is 19.9 Å². The van der Waals surface area contributed by atoms with E-state index in [9.17, 15) is 9.59 Å². The van der Waals surface area contributed by atoms with E-state index < -0.39 is 0 Å². The molecule has 2 amide bonds. The third kappa shape index (κ3) is 3.42. The molecule has 0 aromatic heterocycles. The molecule has 1 aliphatic rings. The van der Waals surface area contributed by atoms with Gasteiger partial charge >= 0.3 is 0 Å².